The summed E-state index contributed by atoms with van der Waals surface area (Å²) in [5.41, 5.74) is 0.756. The van der Waals surface area contributed by atoms with Gasteiger partial charge in [0.05, 0.1) is 5.56 Å². The number of carbonyl (C=O) groups is 1. The van der Waals surface area contributed by atoms with Crippen molar-refractivity contribution in [2.75, 3.05) is 6.54 Å². The van der Waals surface area contributed by atoms with Crippen LogP contribution in [0.3, 0.4) is 0 Å². The molecule has 4 rings (SSSR count). The Labute approximate surface area is 152 Å². The van der Waals surface area contributed by atoms with Crippen LogP contribution in [0.25, 0.3) is 0 Å². The fourth-order valence-electron chi connectivity index (χ4n) is 4.15. The van der Waals surface area contributed by atoms with Gasteiger partial charge in [0.15, 0.2) is 5.82 Å². The Hall–Kier alpha value is -1.69. The van der Waals surface area contributed by atoms with Gasteiger partial charge in [0.1, 0.15) is 6.04 Å². The van der Waals surface area contributed by atoms with Crippen LogP contribution < -0.4 is 0 Å². The molecule has 3 unspecified atom stereocenters. The summed E-state index contributed by atoms with van der Waals surface area (Å²) in [6, 6.07) is 1.81. The highest BCUT2D eigenvalue weighted by atomic mass is 32.1. The number of aromatic nitrogens is 2. The van der Waals surface area contributed by atoms with E-state index < -0.39 is 0 Å². The van der Waals surface area contributed by atoms with Crippen molar-refractivity contribution in [3.05, 3.63) is 34.1 Å². The zero-order valence-corrected chi connectivity index (χ0v) is 15.7. The van der Waals surface area contributed by atoms with E-state index in [0.717, 1.165) is 49.5 Å². The van der Waals surface area contributed by atoms with Crippen molar-refractivity contribution in [1.29, 1.82) is 0 Å². The Morgan fingerprint density at radius 1 is 1.28 bits per heavy atom. The van der Waals surface area contributed by atoms with E-state index in [2.05, 4.69) is 19.0 Å². The number of nitrogens with zero attached hydrogens (tertiary/aromatic N) is 3. The molecule has 0 bridgehead atoms. The summed E-state index contributed by atoms with van der Waals surface area (Å²) >= 11 is 1.55. The molecule has 4 atom stereocenters. The van der Waals surface area contributed by atoms with Crippen molar-refractivity contribution < 1.29 is 9.32 Å². The number of likely N-dealkylation sites (tertiary alicyclic amines) is 1. The van der Waals surface area contributed by atoms with E-state index >= 15 is 0 Å². The second-order valence-corrected chi connectivity index (χ2v) is 8.40. The number of carbonyl (C=O) groups excluding carboxylic acids is 1. The third kappa shape index (κ3) is 3.24. The van der Waals surface area contributed by atoms with Gasteiger partial charge in [-0.2, -0.15) is 16.3 Å². The van der Waals surface area contributed by atoms with Crippen LogP contribution in [0.2, 0.25) is 0 Å². The molecule has 3 heterocycles. The van der Waals surface area contributed by atoms with Gasteiger partial charge in [-0.1, -0.05) is 19.0 Å². The van der Waals surface area contributed by atoms with Crippen LogP contribution in [-0.4, -0.2) is 27.5 Å². The predicted molar refractivity (Wildman–Crippen MR) is 96.5 cm³/mol. The molecule has 2 fully saturated rings. The molecule has 2 aromatic rings. The first-order valence-corrected chi connectivity index (χ1v) is 10.2. The Balaban J connectivity index is 1.50. The van der Waals surface area contributed by atoms with Crippen LogP contribution in [-0.2, 0) is 0 Å². The second-order valence-electron chi connectivity index (χ2n) is 7.62. The van der Waals surface area contributed by atoms with Crippen LogP contribution in [0.1, 0.15) is 80.0 Å². The van der Waals surface area contributed by atoms with E-state index in [9.17, 15) is 4.79 Å². The van der Waals surface area contributed by atoms with Gasteiger partial charge in [-0.15, -0.1) is 0 Å². The SMILES string of the molecule is CC1CCC(c2noc(C3CCCN3C(=O)c3ccsc3)n2)C[C@@H]1C. The molecular weight excluding hydrogens is 334 g/mol. The highest BCUT2D eigenvalue weighted by Gasteiger charge is 2.36. The molecule has 1 amide bonds. The number of hydrogen-bond acceptors (Lipinski definition) is 5. The van der Waals surface area contributed by atoms with Gasteiger partial charge in [0.25, 0.3) is 5.91 Å². The number of thiophene rings is 1. The molecule has 1 aliphatic heterocycles. The average Bonchev–Trinajstić information content (AvgIpc) is 3.36. The third-order valence-corrected chi connectivity index (χ3v) is 6.67. The first-order valence-electron chi connectivity index (χ1n) is 9.30. The second kappa shape index (κ2) is 6.90. The van der Waals surface area contributed by atoms with E-state index in [1.165, 1.54) is 6.42 Å². The lowest BCUT2D eigenvalue weighted by atomic mass is 9.75. The van der Waals surface area contributed by atoms with Gasteiger partial charge in [0.2, 0.25) is 5.89 Å². The number of amides is 1. The Morgan fingerprint density at radius 2 is 2.16 bits per heavy atom. The van der Waals surface area contributed by atoms with Gasteiger partial charge in [0, 0.05) is 17.8 Å². The van der Waals surface area contributed by atoms with Crippen LogP contribution in [0.15, 0.2) is 21.3 Å². The summed E-state index contributed by atoms with van der Waals surface area (Å²) in [5.74, 6) is 3.39. The van der Waals surface area contributed by atoms with E-state index in [-0.39, 0.29) is 11.9 Å². The zero-order valence-electron chi connectivity index (χ0n) is 14.9. The Morgan fingerprint density at radius 3 is 2.92 bits per heavy atom. The van der Waals surface area contributed by atoms with Crippen LogP contribution in [0.4, 0.5) is 0 Å². The quantitative estimate of drug-likeness (QED) is 0.800. The highest BCUT2D eigenvalue weighted by Crippen LogP contribution is 2.39. The highest BCUT2D eigenvalue weighted by molar-refractivity contribution is 7.08. The molecule has 1 aliphatic carbocycles. The molecule has 5 nitrogen and oxygen atoms in total. The minimum atomic E-state index is -0.0754. The molecule has 0 radical (unpaired) electrons. The van der Waals surface area contributed by atoms with Crippen molar-refractivity contribution in [1.82, 2.24) is 15.0 Å². The number of hydrogen-bond donors (Lipinski definition) is 0. The van der Waals surface area contributed by atoms with Crippen molar-refractivity contribution in [2.45, 2.75) is 57.9 Å². The van der Waals surface area contributed by atoms with Crippen molar-refractivity contribution in [3.63, 3.8) is 0 Å². The maximum atomic E-state index is 12.7. The summed E-state index contributed by atoms with van der Waals surface area (Å²) in [4.78, 5) is 19.3. The lowest BCUT2D eigenvalue weighted by molar-refractivity contribution is 0.0710. The smallest absolute Gasteiger partial charge is 0.255 e. The van der Waals surface area contributed by atoms with E-state index in [4.69, 9.17) is 9.51 Å². The molecule has 0 spiro atoms. The average molecular weight is 359 g/mol. The first-order chi connectivity index (χ1) is 12.1. The first kappa shape index (κ1) is 16.8. The minimum Gasteiger partial charge on any atom is -0.337 e. The Kier molecular flexibility index (Phi) is 4.63. The van der Waals surface area contributed by atoms with Gasteiger partial charge in [-0.05, 0) is 55.4 Å². The topological polar surface area (TPSA) is 59.2 Å². The van der Waals surface area contributed by atoms with E-state index in [0.29, 0.717) is 17.7 Å². The van der Waals surface area contributed by atoms with E-state index in [1.54, 1.807) is 11.3 Å². The summed E-state index contributed by atoms with van der Waals surface area (Å²) in [6.45, 7) is 5.40. The summed E-state index contributed by atoms with van der Waals surface area (Å²) in [6.07, 6.45) is 5.36. The minimum absolute atomic E-state index is 0.0728. The molecule has 1 saturated carbocycles. The molecule has 2 aliphatic rings. The fraction of sp³-hybridized carbons (Fsp3) is 0.632. The molecule has 6 heteroatoms. The normalized spacial score (nSPS) is 29.9. The molecular formula is C19H25N3O2S. The van der Waals surface area contributed by atoms with Gasteiger partial charge in [-0.3, -0.25) is 4.79 Å². The third-order valence-electron chi connectivity index (χ3n) is 5.99. The lowest BCUT2D eigenvalue weighted by Gasteiger charge is -2.30. The maximum Gasteiger partial charge on any atom is 0.255 e. The van der Waals surface area contributed by atoms with E-state index in [1.807, 2.05) is 21.7 Å². The zero-order chi connectivity index (χ0) is 17.4. The monoisotopic (exact) mass is 359 g/mol. The van der Waals surface area contributed by atoms with Gasteiger partial charge >= 0.3 is 0 Å². The molecule has 0 N–H and O–H groups in total. The maximum absolute atomic E-state index is 12.7. The summed E-state index contributed by atoms with van der Waals surface area (Å²) < 4.78 is 5.61. The molecule has 2 aromatic heterocycles. The fourth-order valence-corrected chi connectivity index (χ4v) is 4.78. The predicted octanol–water partition coefficient (Wildman–Crippen LogP) is 4.65. The molecule has 134 valence electrons. The van der Waals surface area contributed by atoms with Gasteiger partial charge < -0.3 is 9.42 Å². The molecule has 1 saturated heterocycles. The van der Waals surface area contributed by atoms with Gasteiger partial charge in [-0.25, -0.2) is 0 Å². The van der Waals surface area contributed by atoms with Crippen molar-refractivity contribution in [3.8, 4) is 0 Å². The largest absolute Gasteiger partial charge is 0.337 e. The lowest BCUT2D eigenvalue weighted by Crippen LogP contribution is -2.30. The molecule has 0 aromatic carbocycles. The van der Waals surface area contributed by atoms with Crippen LogP contribution >= 0.6 is 11.3 Å². The Bertz CT molecular complexity index is 727. The number of rotatable bonds is 3. The summed E-state index contributed by atoms with van der Waals surface area (Å²) in [5, 5.41) is 8.12. The van der Waals surface area contributed by atoms with Crippen LogP contribution in [0, 0.1) is 11.8 Å². The van der Waals surface area contributed by atoms with Crippen molar-refractivity contribution in [2.24, 2.45) is 11.8 Å². The summed E-state index contributed by atoms with van der Waals surface area (Å²) in [7, 11) is 0. The molecule has 25 heavy (non-hydrogen) atoms. The standard InChI is InChI=1S/C19H25N3O2S/c1-12-5-6-14(10-13(12)2)17-20-18(24-21-17)16-4-3-8-22(16)19(23)15-7-9-25-11-15/h7,9,11-14,16H,3-6,8,10H2,1-2H3/t12?,13-,14?,16?/m0/s1. The van der Waals surface area contributed by atoms with Crippen LogP contribution in [0.5, 0.6) is 0 Å². The van der Waals surface area contributed by atoms with Crippen molar-refractivity contribution >= 4 is 17.2 Å².